The average Bonchev–Trinajstić information content (AvgIpc) is 2.46. The standard InChI is InChI=1S/C8H10N4/c1-6-3-10-8-7(2-9)4-11-12(8)5-6/h3-5H,2,9H2,1H3. The Hall–Kier alpha value is -1.42. The van der Waals surface area contributed by atoms with Crippen molar-refractivity contribution in [3.8, 4) is 0 Å². The number of rotatable bonds is 1. The zero-order valence-electron chi connectivity index (χ0n) is 6.86. The largest absolute Gasteiger partial charge is 0.326 e. The minimum atomic E-state index is 0.486. The molecule has 2 N–H and O–H groups in total. The summed E-state index contributed by atoms with van der Waals surface area (Å²) in [5, 5.41) is 4.12. The second-order valence-electron chi connectivity index (χ2n) is 2.77. The minimum Gasteiger partial charge on any atom is -0.326 e. The summed E-state index contributed by atoms with van der Waals surface area (Å²) in [6.07, 6.45) is 5.50. The molecule has 0 aliphatic heterocycles. The van der Waals surface area contributed by atoms with Crippen molar-refractivity contribution in [2.24, 2.45) is 5.73 Å². The van der Waals surface area contributed by atoms with Gasteiger partial charge in [-0.2, -0.15) is 5.10 Å². The molecule has 0 aliphatic rings. The number of aromatic nitrogens is 3. The third-order valence-electron chi connectivity index (χ3n) is 1.78. The van der Waals surface area contributed by atoms with Gasteiger partial charge in [-0.15, -0.1) is 0 Å². The molecule has 0 spiro atoms. The van der Waals surface area contributed by atoms with Crippen LogP contribution in [0.15, 0.2) is 18.6 Å². The molecule has 0 aliphatic carbocycles. The first kappa shape index (κ1) is 7.24. The molecule has 4 nitrogen and oxygen atoms in total. The molecule has 0 unspecified atom stereocenters. The van der Waals surface area contributed by atoms with Crippen LogP contribution in [0.2, 0.25) is 0 Å². The van der Waals surface area contributed by atoms with Gasteiger partial charge in [-0.25, -0.2) is 9.50 Å². The molecule has 2 aromatic rings. The van der Waals surface area contributed by atoms with Crippen LogP contribution in [-0.2, 0) is 6.54 Å². The highest BCUT2D eigenvalue weighted by Crippen LogP contribution is 2.06. The zero-order chi connectivity index (χ0) is 8.55. The van der Waals surface area contributed by atoms with E-state index in [2.05, 4.69) is 10.1 Å². The van der Waals surface area contributed by atoms with Gasteiger partial charge < -0.3 is 5.73 Å². The van der Waals surface area contributed by atoms with Crippen LogP contribution in [0.5, 0.6) is 0 Å². The Morgan fingerprint density at radius 2 is 2.33 bits per heavy atom. The number of fused-ring (bicyclic) bond motifs is 1. The Labute approximate surface area is 70.0 Å². The predicted molar refractivity (Wildman–Crippen MR) is 45.6 cm³/mol. The summed E-state index contributed by atoms with van der Waals surface area (Å²) in [5.41, 5.74) is 8.43. The highest BCUT2D eigenvalue weighted by atomic mass is 15.2. The van der Waals surface area contributed by atoms with E-state index in [1.54, 1.807) is 10.7 Å². The van der Waals surface area contributed by atoms with Crippen molar-refractivity contribution >= 4 is 5.65 Å². The van der Waals surface area contributed by atoms with Crippen molar-refractivity contribution in [3.63, 3.8) is 0 Å². The Morgan fingerprint density at radius 1 is 1.50 bits per heavy atom. The van der Waals surface area contributed by atoms with E-state index >= 15 is 0 Å². The Bertz CT molecular complexity index is 404. The monoisotopic (exact) mass is 162 g/mol. The Kier molecular flexibility index (Phi) is 1.55. The molecule has 12 heavy (non-hydrogen) atoms. The minimum absolute atomic E-state index is 0.486. The lowest BCUT2D eigenvalue weighted by Gasteiger charge is -1.95. The maximum absolute atomic E-state index is 5.51. The van der Waals surface area contributed by atoms with Crippen molar-refractivity contribution in [2.75, 3.05) is 0 Å². The Morgan fingerprint density at radius 3 is 3.08 bits per heavy atom. The topological polar surface area (TPSA) is 56.2 Å². The summed E-state index contributed by atoms with van der Waals surface area (Å²) in [6, 6.07) is 0. The fraction of sp³-hybridized carbons (Fsp3) is 0.250. The molecule has 0 bridgehead atoms. The molecule has 2 heterocycles. The van der Waals surface area contributed by atoms with Gasteiger partial charge >= 0.3 is 0 Å². The second kappa shape index (κ2) is 2.57. The molecule has 2 aromatic heterocycles. The number of nitrogens with zero attached hydrogens (tertiary/aromatic N) is 3. The predicted octanol–water partition coefficient (Wildman–Crippen LogP) is 0.496. The van der Waals surface area contributed by atoms with Crippen LogP contribution in [0.4, 0.5) is 0 Å². The van der Waals surface area contributed by atoms with Crippen molar-refractivity contribution in [1.82, 2.24) is 14.6 Å². The summed E-state index contributed by atoms with van der Waals surface area (Å²) in [6.45, 7) is 2.47. The molecule has 2 rings (SSSR count). The van der Waals surface area contributed by atoms with Crippen LogP contribution in [-0.4, -0.2) is 14.6 Å². The number of nitrogens with two attached hydrogens (primary N) is 1. The van der Waals surface area contributed by atoms with Crippen LogP contribution in [0.1, 0.15) is 11.1 Å². The van der Waals surface area contributed by atoms with E-state index in [-0.39, 0.29) is 0 Å². The summed E-state index contributed by atoms with van der Waals surface area (Å²) in [5.74, 6) is 0. The molecule has 0 saturated heterocycles. The molecule has 0 amide bonds. The van der Waals surface area contributed by atoms with E-state index in [9.17, 15) is 0 Å². The number of hydrogen-bond acceptors (Lipinski definition) is 3. The van der Waals surface area contributed by atoms with E-state index in [0.29, 0.717) is 6.54 Å². The summed E-state index contributed by atoms with van der Waals surface area (Å²) in [4.78, 5) is 4.23. The smallest absolute Gasteiger partial charge is 0.159 e. The molecule has 0 saturated carbocycles. The SMILES string of the molecule is Cc1cnc2c(CN)cnn2c1. The molecular weight excluding hydrogens is 152 g/mol. The van der Waals surface area contributed by atoms with E-state index in [1.807, 2.05) is 19.3 Å². The van der Waals surface area contributed by atoms with Gasteiger partial charge in [0.05, 0.1) is 6.20 Å². The van der Waals surface area contributed by atoms with Gasteiger partial charge in [-0.05, 0) is 12.5 Å². The van der Waals surface area contributed by atoms with Crippen molar-refractivity contribution in [1.29, 1.82) is 0 Å². The van der Waals surface area contributed by atoms with Gasteiger partial charge in [0.2, 0.25) is 0 Å². The van der Waals surface area contributed by atoms with E-state index in [1.165, 1.54) is 0 Å². The molecule has 0 fully saturated rings. The lowest BCUT2D eigenvalue weighted by molar-refractivity contribution is 0.927. The third-order valence-corrected chi connectivity index (χ3v) is 1.78. The second-order valence-corrected chi connectivity index (χ2v) is 2.77. The fourth-order valence-corrected chi connectivity index (χ4v) is 1.16. The maximum atomic E-state index is 5.51. The third kappa shape index (κ3) is 0.967. The Balaban J connectivity index is 2.73. The average molecular weight is 162 g/mol. The van der Waals surface area contributed by atoms with Crippen LogP contribution >= 0.6 is 0 Å². The van der Waals surface area contributed by atoms with Gasteiger partial charge in [-0.3, -0.25) is 0 Å². The lowest BCUT2D eigenvalue weighted by Crippen LogP contribution is -1.97. The molecule has 4 heteroatoms. The molecular formula is C8H10N4. The van der Waals surface area contributed by atoms with Gasteiger partial charge in [0.1, 0.15) is 0 Å². The van der Waals surface area contributed by atoms with Crippen molar-refractivity contribution in [2.45, 2.75) is 13.5 Å². The van der Waals surface area contributed by atoms with Gasteiger partial charge in [0, 0.05) is 24.5 Å². The van der Waals surface area contributed by atoms with Gasteiger partial charge in [0.15, 0.2) is 5.65 Å². The van der Waals surface area contributed by atoms with Gasteiger partial charge in [0.25, 0.3) is 0 Å². The van der Waals surface area contributed by atoms with Gasteiger partial charge in [-0.1, -0.05) is 0 Å². The van der Waals surface area contributed by atoms with Crippen LogP contribution in [0.25, 0.3) is 5.65 Å². The zero-order valence-corrected chi connectivity index (χ0v) is 6.86. The molecule has 62 valence electrons. The van der Waals surface area contributed by atoms with Crippen LogP contribution in [0.3, 0.4) is 0 Å². The lowest BCUT2D eigenvalue weighted by atomic mass is 10.3. The first-order valence-electron chi connectivity index (χ1n) is 3.80. The van der Waals surface area contributed by atoms with Crippen LogP contribution in [0, 0.1) is 6.92 Å². The van der Waals surface area contributed by atoms with E-state index in [0.717, 1.165) is 16.8 Å². The molecule has 0 radical (unpaired) electrons. The summed E-state index contributed by atoms with van der Waals surface area (Å²) in [7, 11) is 0. The highest BCUT2D eigenvalue weighted by molar-refractivity contribution is 5.45. The maximum Gasteiger partial charge on any atom is 0.159 e. The van der Waals surface area contributed by atoms with Crippen molar-refractivity contribution in [3.05, 3.63) is 29.7 Å². The highest BCUT2D eigenvalue weighted by Gasteiger charge is 2.01. The number of hydrogen-bond donors (Lipinski definition) is 1. The fourth-order valence-electron chi connectivity index (χ4n) is 1.16. The summed E-state index contributed by atoms with van der Waals surface area (Å²) < 4.78 is 1.75. The normalized spacial score (nSPS) is 10.8. The van der Waals surface area contributed by atoms with Crippen molar-refractivity contribution < 1.29 is 0 Å². The first-order chi connectivity index (χ1) is 5.81. The molecule has 0 atom stereocenters. The summed E-state index contributed by atoms with van der Waals surface area (Å²) >= 11 is 0. The first-order valence-corrected chi connectivity index (χ1v) is 3.80. The van der Waals surface area contributed by atoms with Crippen LogP contribution < -0.4 is 5.73 Å². The van der Waals surface area contributed by atoms with E-state index in [4.69, 9.17) is 5.73 Å². The van der Waals surface area contributed by atoms with E-state index < -0.39 is 0 Å². The quantitative estimate of drug-likeness (QED) is 0.664. The number of aryl methyl sites for hydroxylation is 1. The molecule has 0 aromatic carbocycles.